The molecule has 1 aliphatic rings. The molecule has 0 amide bonds. The zero-order chi connectivity index (χ0) is 21.6. The fourth-order valence-corrected chi connectivity index (χ4v) is 3.96. The third-order valence-electron chi connectivity index (χ3n) is 5.52. The van der Waals surface area contributed by atoms with Crippen LogP contribution in [0, 0.1) is 23.2 Å². The standard InChI is InChI=1S/C24H18N2O4/c1-24(2)17-11-19(29-3)14(6-8-20(27)30-4)10-16(17)22(28)21-15-7-5-13(12-25)9-18(15)26-23(21)24/h5,7,9-11,26H,1-4H3. The number of carbonyl (C=O) groups excluding carboxylic acids is 2. The lowest BCUT2D eigenvalue weighted by atomic mass is 9.71. The third-order valence-corrected chi connectivity index (χ3v) is 5.52. The van der Waals surface area contributed by atoms with Crippen molar-refractivity contribution in [2.24, 2.45) is 0 Å². The largest absolute Gasteiger partial charge is 0.495 e. The molecule has 1 heterocycles. The number of benzene rings is 2. The first-order valence-corrected chi connectivity index (χ1v) is 9.25. The third kappa shape index (κ3) is 2.74. The zero-order valence-corrected chi connectivity index (χ0v) is 17.0. The Labute approximate surface area is 173 Å². The highest BCUT2D eigenvalue weighted by molar-refractivity contribution is 6.20. The number of nitrogens with one attached hydrogen (secondary N) is 1. The minimum absolute atomic E-state index is 0.140. The van der Waals surface area contributed by atoms with E-state index in [-0.39, 0.29) is 5.78 Å². The number of aromatic nitrogens is 1. The van der Waals surface area contributed by atoms with Crippen LogP contribution in [0.3, 0.4) is 0 Å². The minimum Gasteiger partial charge on any atom is -0.495 e. The summed E-state index contributed by atoms with van der Waals surface area (Å²) in [6, 6.07) is 10.8. The normalized spacial score (nSPS) is 13.5. The van der Waals surface area contributed by atoms with Crippen molar-refractivity contribution in [1.82, 2.24) is 4.98 Å². The number of esters is 1. The van der Waals surface area contributed by atoms with Crippen molar-refractivity contribution in [2.75, 3.05) is 14.2 Å². The van der Waals surface area contributed by atoms with Gasteiger partial charge in [-0.1, -0.05) is 25.8 Å². The van der Waals surface area contributed by atoms with Gasteiger partial charge in [-0.05, 0) is 29.8 Å². The van der Waals surface area contributed by atoms with Gasteiger partial charge in [0.05, 0.1) is 37.0 Å². The van der Waals surface area contributed by atoms with Crippen molar-refractivity contribution in [3.8, 4) is 23.7 Å². The Kier molecular flexibility index (Phi) is 4.37. The first-order chi connectivity index (χ1) is 14.3. The Morgan fingerprint density at radius 1 is 1.17 bits per heavy atom. The predicted molar refractivity (Wildman–Crippen MR) is 110 cm³/mol. The fourth-order valence-electron chi connectivity index (χ4n) is 3.96. The maximum Gasteiger partial charge on any atom is 0.384 e. The van der Waals surface area contributed by atoms with Gasteiger partial charge in [0, 0.05) is 33.5 Å². The lowest BCUT2D eigenvalue weighted by molar-refractivity contribution is -0.133. The molecule has 0 saturated heterocycles. The zero-order valence-electron chi connectivity index (χ0n) is 17.0. The van der Waals surface area contributed by atoms with E-state index in [2.05, 4.69) is 27.6 Å². The minimum atomic E-state index is -0.673. The molecular weight excluding hydrogens is 380 g/mol. The molecule has 0 atom stereocenters. The van der Waals surface area contributed by atoms with E-state index in [1.54, 1.807) is 30.3 Å². The van der Waals surface area contributed by atoms with Crippen LogP contribution in [0.5, 0.6) is 5.75 Å². The average molecular weight is 398 g/mol. The molecule has 0 unspecified atom stereocenters. The summed E-state index contributed by atoms with van der Waals surface area (Å²) in [5.74, 6) is 4.78. The van der Waals surface area contributed by atoms with Crippen LogP contribution < -0.4 is 4.74 Å². The number of nitrogens with zero attached hydrogens (tertiary/aromatic N) is 1. The van der Waals surface area contributed by atoms with Crippen LogP contribution in [0.2, 0.25) is 0 Å². The van der Waals surface area contributed by atoms with Crippen LogP contribution in [-0.4, -0.2) is 31.0 Å². The number of hydrogen-bond acceptors (Lipinski definition) is 5. The highest BCUT2D eigenvalue weighted by Gasteiger charge is 2.40. The number of fused-ring (bicyclic) bond motifs is 4. The smallest absolute Gasteiger partial charge is 0.384 e. The highest BCUT2D eigenvalue weighted by Crippen LogP contribution is 2.45. The van der Waals surface area contributed by atoms with Crippen molar-refractivity contribution in [2.45, 2.75) is 19.3 Å². The molecule has 0 radical (unpaired) electrons. The number of methoxy groups -OCH3 is 2. The number of ether oxygens (including phenoxy) is 2. The fraction of sp³-hybridized carbons (Fsp3) is 0.208. The number of ketones is 1. The topological polar surface area (TPSA) is 92.2 Å². The van der Waals surface area contributed by atoms with Gasteiger partial charge in [0.1, 0.15) is 5.75 Å². The molecule has 6 heteroatoms. The summed E-state index contributed by atoms with van der Waals surface area (Å²) in [6.07, 6.45) is 0. The monoisotopic (exact) mass is 398 g/mol. The summed E-state index contributed by atoms with van der Waals surface area (Å²) >= 11 is 0. The predicted octanol–water partition coefficient (Wildman–Crippen LogP) is 3.44. The van der Waals surface area contributed by atoms with E-state index in [1.807, 2.05) is 13.8 Å². The quantitative estimate of drug-likeness (QED) is 0.501. The van der Waals surface area contributed by atoms with E-state index in [9.17, 15) is 14.9 Å². The van der Waals surface area contributed by atoms with Gasteiger partial charge in [-0.2, -0.15) is 5.26 Å². The van der Waals surface area contributed by atoms with E-state index in [4.69, 9.17) is 4.74 Å². The van der Waals surface area contributed by atoms with Crippen LogP contribution in [0.4, 0.5) is 0 Å². The van der Waals surface area contributed by atoms with Gasteiger partial charge in [0.25, 0.3) is 0 Å². The lowest BCUT2D eigenvalue weighted by Crippen LogP contribution is -2.30. The first kappa shape index (κ1) is 19.3. The number of aromatic amines is 1. The molecule has 6 nitrogen and oxygen atoms in total. The summed E-state index contributed by atoms with van der Waals surface area (Å²) in [5, 5.41) is 9.97. The molecule has 1 N–H and O–H groups in total. The maximum absolute atomic E-state index is 13.5. The number of carbonyl (C=O) groups is 2. The molecule has 0 saturated carbocycles. The number of hydrogen-bond donors (Lipinski definition) is 1. The molecule has 1 aromatic heterocycles. The van der Waals surface area contributed by atoms with Gasteiger partial charge < -0.3 is 14.5 Å². The Balaban J connectivity index is 1.98. The Bertz CT molecular complexity index is 1340. The van der Waals surface area contributed by atoms with Gasteiger partial charge in [0.15, 0.2) is 5.78 Å². The molecule has 0 aliphatic heterocycles. The van der Waals surface area contributed by atoms with E-state index in [0.29, 0.717) is 28.0 Å². The molecule has 0 spiro atoms. The van der Waals surface area contributed by atoms with Crippen molar-refractivity contribution < 1.29 is 19.1 Å². The van der Waals surface area contributed by atoms with Gasteiger partial charge >= 0.3 is 5.97 Å². The van der Waals surface area contributed by atoms with Crippen LogP contribution in [-0.2, 0) is 14.9 Å². The molecule has 1 aliphatic carbocycles. The van der Waals surface area contributed by atoms with E-state index >= 15 is 0 Å². The van der Waals surface area contributed by atoms with E-state index < -0.39 is 11.4 Å². The molecule has 2 aromatic carbocycles. The van der Waals surface area contributed by atoms with Crippen LogP contribution in [0.15, 0.2) is 30.3 Å². The Morgan fingerprint density at radius 3 is 2.60 bits per heavy atom. The first-order valence-electron chi connectivity index (χ1n) is 9.25. The highest BCUT2D eigenvalue weighted by atomic mass is 16.5. The number of nitriles is 1. The molecule has 0 fully saturated rings. The molecule has 0 bridgehead atoms. The van der Waals surface area contributed by atoms with Crippen molar-refractivity contribution in [3.63, 3.8) is 0 Å². The maximum atomic E-state index is 13.5. The van der Waals surface area contributed by atoms with Gasteiger partial charge in [-0.3, -0.25) is 4.79 Å². The summed E-state index contributed by atoms with van der Waals surface area (Å²) in [5.41, 5.74) is 3.86. The summed E-state index contributed by atoms with van der Waals surface area (Å²) in [6.45, 7) is 4.05. The molecule has 148 valence electrons. The molecule has 30 heavy (non-hydrogen) atoms. The van der Waals surface area contributed by atoms with Crippen LogP contribution >= 0.6 is 0 Å². The van der Waals surface area contributed by atoms with E-state index in [0.717, 1.165) is 22.2 Å². The van der Waals surface area contributed by atoms with Gasteiger partial charge in [0.2, 0.25) is 0 Å². The summed E-state index contributed by atoms with van der Waals surface area (Å²) in [4.78, 5) is 28.3. The SMILES string of the molecule is COC(=O)C#Cc1cc2c(cc1OC)C(C)(C)c1[nH]c3cc(C#N)ccc3c1C2=O. The summed E-state index contributed by atoms with van der Waals surface area (Å²) in [7, 11) is 2.77. The second-order valence-corrected chi connectivity index (χ2v) is 7.54. The van der Waals surface area contributed by atoms with Gasteiger partial charge in [-0.25, -0.2) is 4.79 Å². The van der Waals surface area contributed by atoms with Crippen molar-refractivity contribution >= 4 is 22.7 Å². The average Bonchev–Trinajstić information content (AvgIpc) is 3.15. The van der Waals surface area contributed by atoms with E-state index in [1.165, 1.54) is 14.2 Å². The number of rotatable bonds is 1. The summed E-state index contributed by atoms with van der Waals surface area (Å²) < 4.78 is 10.0. The second-order valence-electron chi connectivity index (χ2n) is 7.54. The molecule has 4 rings (SSSR count). The second kappa shape index (κ2) is 6.79. The van der Waals surface area contributed by atoms with Gasteiger partial charge in [-0.15, -0.1) is 0 Å². The molecule has 3 aromatic rings. The Hall–Kier alpha value is -4.03. The van der Waals surface area contributed by atoms with Crippen LogP contribution in [0.1, 0.15) is 52.2 Å². The molecular formula is C24H18N2O4. The number of H-pyrrole nitrogens is 1. The lowest BCUT2D eigenvalue weighted by Gasteiger charge is -2.32. The Morgan fingerprint density at radius 2 is 1.93 bits per heavy atom. The van der Waals surface area contributed by atoms with Crippen molar-refractivity contribution in [1.29, 1.82) is 5.26 Å². The van der Waals surface area contributed by atoms with Crippen molar-refractivity contribution in [3.05, 3.63) is 63.8 Å². The van der Waals surface area contributed by atoms with Crippen LogP contribution in [0.25, 0.3) is 10.9 Å².